The Labute approximate surface area is 223 Å². The number of anilines is 3. The minimum Gasteiger partial charge on any atom is -0.457 e. The van der Waals surface area contributed by atoms with Crippen molar-refractivity contribution in [2.75, 3.05) is 41.7 Å². The molecule has 0 radical (unpaired) electrons. The van der Waals surface area contributed by atoms with Crippen LogP contribution in [-0.2, 0) is 4.79 Å². The van der Waals surface area contributed by atoms with Gasteiger partial charge in [-0.25, -0.2) is 14.8 Å². The third kappa shape index (κ3) is 5.85. The molecule has 12 heteroatoms. The first-order chi connectivity index (χ1) is 18.9. The zero-order valence-corrected chi connectivity index (χ0v) is 21.0. The van der Waals surface area contributed by atoms with Crippen molar-refractivity contribution in [1.29, 1.82) is 0 Å². The van der Waals surface area contributed by atoms with Crippen LogP contribution in [0.15, 0.2) is 73.1 Å². The summed E-state index contributed by atoms with van der Waals surface area (Å²) < 4.78 is 5.79. The number of urea groups is 1. The van der Waals surface area contributed by atoms with E-state index in [2.05, 4.69) is 20.6 Å². The third-order valence-electron chi connectivity index (χ3n) is 6.19. The zero-order chi connectivity index (χ0) is 27.4. The number of hydrogen-bond donors (Lipinski definition) is 2. The van der Waals surface area contributed by atoms with Gasteiger partial charge in [-0.3, -0.25) is 14.9 Å². The Morgan fingerprint density at radius 1 is 0.923 bits per heavy atom. The zero-order valence-electron chi connectivity index (χ0n) is 21.0. The fourth-order valence-electron chi connectivity index (χ4n) is 4.33. The van der Waals surface area contributed by atoms with E-state index >= 15 is 0 Å². The maximum atomic E-state index is 12.9. The molecule has 1 aliphatic heterocycles. The van der Waals surface area contributed by atoms with E-state index in [1.54, 1.807) is 29.2 Å². The highest BCUT2D eigenvalue weighted by molar-refractivity contribution is 5.99. The van der Waals surface area contributed by atoms with E-state index in [1.807, 2.05) is 35.2 Å². The van der Waals surface area contributed by atoms with Crippen LogP contribution in [0.1, 0.15) is 6.92 Å². The minimum absolute atomic E-state index is 0.0748. The Balaban J connectivity index is 1.24. The minimum atomic E-state index is -0.551. The van der Waals surface area contributed by atoms with Gasteiger partial charge in [0, 0.05) is 50.2 Å². The van der Waals surface area contributed by atoms with Crippen molar-refractivity contribution >= 4 is 45.7 Å². The van der Waals surface area contributed by atoms with Crippen LogP contribution in [0.4, 0.5) is 27.7 Å². The van der Waals surface area contributed by atoms with Gasteiger partial charge in [-0.15, -0.1) is 0 Å². The number of para-hydroxylation sites is 1. The second kappa shape index (κ2) is 11.0. The number of piperazine rings is 1. The summed E-state index contributed by atoms with van der Waals surface area (Å²) >= 11 is 0. The average molecular weight is 528 g/mol. The number of hydrogen-bond acceptors (Lipinski definition) is 8. The third-order valence-corrected chi connectivity index (χ3v) is 6.19. The molecule has 198 valence electrons. The highest BCUT2D eigenvalue weighted by atomic mass is 16.6. The van der Waals surface area contributed by atoms with Crippen LogP contribution < -0.4 is 20.3 Å². The number of rotatable bonds is 6. The van der Waals surface area contributed by atoms with Crippen molar-refractivity contribution in [3.8, 4) is 11.5 Å². The van der Waals surface area contributed by atoms with Gasteiger partial charge in [-0.2, -0.15) is 0 Å². The van der Waals surface area contributed by atoms with Crippen LogP contribution >= 0.6 is 0 Å². The second-order valence-electron chi connectivity index (χ2n) is 8.87. The lowest BCUT2D eigenvalue weighted by Crippen LogP contribution is -2.50. The largest absolute Gasteiger partial charge is 0.457 e. The Morgan fingerprint density at radius 3 is 2.28 bits per heavy atom. The number of nitro groups is 1. The molecule has 2 heterocycles. The molecule has 0 aliphatic carbocycles. The molecule has 0 spiro atoms. The highest BCUT2D eigenvalue weighted by Crippen LogP contribution is 2.33. The van der Waals surface area contributed by atoms with Crippen LogP contribution in [0.2, 0.25) is 0 Å². The molecular weight excluding hydrogens is 502 g/mol. The Kier molecular flexibility index (Phi) is 7.17. The monoisotopic (exact) mass is 527 g/mol. The molecule has 0 saturated carbocycles. The Morgan fingerprint density at radius 2 is 1.62 bits per heavy atom. The molecule has 2 N–H and O–H groups in total. The van der Waals surface area contributed by atoms with Crippen LogP contribution in [0, 0.1) is 10.1 Å². The Hall–Kier alpha value is -5.26. The van der Waals surface area contributed by atoms with Gasteiger partial charge in [-0.05, 0) is 42.5 Å². The molecule has 12 nitrogen and oxygen atoms in total. The quantitative estimate of drug-likeness (QED) is 0.273. The van der Waals surface area contributed by atoms with Crippen molar-refractivity contribution in [3.05, 3.63) is 83.2 Å². The number of benzene rings is 3. The van der Waals surface area contributed by atoms with E-state index < -0.39 is 10.8 Å². The van der Waals surface area contributed by atoms with Crippen LogP contribution in [0.5, 0.6) is 11.5 Å². The molecule has 0 bridgehead atoms. The predicted octanol–water partition coefficient (Wildman–Crippen LogP) is 4.64. The molecule has 1 saturated heterocycles. The van der Waals surface area contributed by atoms with Crippen molar-refractivity contribution in [3.63, 3.8) is 0 Å². The maximum Gasteiger partial charge on any atom is 0.321 e. The molecule has 1 fully saturated rings. The summed E-state index contributed by atoms with van der Waals surface area (Å²) in [6, 6.07) is 19.2. The molecular formula is C27H25N7O5. The summed E-state index contributed by atoms with van der Waals surface area (Å²) in [6.45, 7) is 3.09. The average Bonchev–Trinajstić information content (AvgIpc) is 2.93. The second-order valence-corrected chi connectivity index (χ2v) is 8.87. The molecule has 1 aliphatic rings. The Bertz CT molecular complexity index is 1520. The van der Waals surface area contributed by atoms with Crippen molar-refractivity contribution in [2.24, 2.45) is 0 Å². The summed E-state index contributed by atoms with van der Waals surface area (Å²) in [4.78, 5) is 47.7. The molecule has 0 atom stereocenters. The summed E-state index contributed by atoms with van der Waals surface area (Å²) in [5.41, 5.74) is 0.943. The number of carbonyl (C=O) groups is 2. The summed E-state index contributed by atoms with van der Waals surface area (Å²) in [5.74, 6) is 1.50. The van der Waals surface area contributed by atoms with Gasteiger partial charge in [0.15, 0.2) is 0 Å². The first-order valence-electron chi connectivity index (χ1n) is 12.2. The van der Waals surface area contributed by atoms with E-state index in [0.29, 0.717) is 54.3 Å². The summed E-state index contributed by atoms with van der Waals surface area (Å²) in [5, 5.41) is 17.5. The van der Waals surface area contributed by atoms with E-state index in [0.717, 1.165) is 5.75 Å². The van der Waals surface area contributed by atoms with Gasteiger partial charge in [0.05, 0.1) is 10.4 Å². The topological polar surface area (TPSA) is 143 Å². The molecule has 3 amide bonds. The fraction of sp³-hybridized carbons (Fsp3) is 0.185. The van der Waals surface area contributed by atoms with Gasteiger partial charge >= 0.3 is 6.03 Å². The van der Waals surface area contributed by atoms with Gasteiger partial charge < -0.3 is 25.2 Å². The van der Waals surface area contributed by atoms with Gasteiger partial charge in [0.2, 0.25) is 5.91 Å². The molecule has 39 heavy (non-hydrogen) atoms. The SMILES string of the molecule is CC(=O)Nc1cc2ncnc(N3CCN(C(=O)Nc4ccc(Oc5ccccc5)cc4)CC3)c2cc1[N+](=O)[O-]. The number of amides is 3. The number of carbonyl (C=O) groups excluding carboxylic acids is 2. The lowest BCUT2D eigenvalue weighted by Gasteiger charge is -2.35. The van der Waals surface area contributed by atoms with Crippen LogP contribution in [0.3, 0.4) is 0 Å². The van der Waals surface area contributed by atoms with Crippen LogP contribution in [0.25, 0.3) is 10.9 Å². The van der Waals surface area contributed by atoms with Crippen molar-refractivity contribution in [1.82, 2.24) is 14.9 Å². The van der Waals surface area contributed by atoms with E-state index in [1.165, 1.54) is 25.4 Å². The van der Waals surface area contributed by atoms with Crippen molar-refractivity contribution < 1.29 is 19.2 Å². The highest BCUT2D eigenvalue weighted by Gasteiger charge is 2.25. The van der Waals surface area contributed by atoms with E-state index in [4.69, 9.17) is 4.74 Å². The first kappa shape index (κ1) is 25.4. The number of ether oxygens (including phenoxy) is 1. The van der Waals surface area contributed by atoms with Crippen molar-refractivity contribution in [2.45, 2.75) is 6.92 Å². The lowest BCUT2D eigenvalue weighted by atomic mass is 10.1. The molecule has 4 aromatic rings. The van der Waals surface area contributed by atoms with Crippen LogP contribution in [-0.4, -0.2) is 57.9 Å². The fourth-order valence-corrected chi connectivity index (χ4v) is 4.33. The van der Waals surface area contributed by atoms with Gasteiger partial charge in [0.25, 0.3) is 5.69 Å². The van der Waals surface area contributed by atoms with E-state index in [9.17, 15) is 19.7 Å². The molecule has 5 rings (SSSR count). The normalized spacial score (nSPS) is 13.2. The smallest absolute Gasteiger partial charge is 0.321 e. The van der Waals surface area contributed by atoms with E-state index in [-0.39, 0.29) is 17.4 Å². The number of aromatic nitrogens is 2. The molecule has 1 aromatic heterocycles. The predicted molar refractivity (Wildman–Crippen MR) is 146 cm³/mol. The number of nitro benzene ring substituents is 1. The number of nitrogens with zero attached hydrogens (tertiary/aromatic N) is 5. The first-order valence-corrected chi connectivity index (χ1v) is 12.2. The molecule has 0 unspecified atom stereocenters. The standard InChI is InChI=1S/C27H25N7O5/c1-18(35)30-24-16-23-22(15-25(24)34(37)38)26(29-17-28-23)32-11-13-33(14-12-32)27(36)31-19-7-9-21(10-8-19)39-20-5-3-2-4-6-20/h2-10,15-17H,11-14H2,1H3,(H,30,35)(H,31,36). The number of nitrogens with one attached hydrogen (secondary N) is 2. The van der Waals surface area contributed by atoms with Gasteiger partial charge in [0.1, 0.15) is 29.3 Å². The maximum absolute atomic E-state index is 12.9. The summed E-state index contributed by atoms with van der Waals surface area (Å²) in [7, 11) is 0. The molecule has 3 aromatic carbocycles. The summed E-state index contributed by atoms with van der Waals surface area (Å²) in [6.07, 6.45) is 1.38. The van der Waals surface area contributed by atoms with Gasteiger partial charge in [-0.1, -0.05) is 18.2 Å². The lowest BCUT2D eigenvalue weighted by molar-refractivity contribution is -0.383. The number of fused-ring (bicyclic) bond motifs is 1.